The van der Waals surface area contributed by atoms with Crippen molar-refractivity contribution in [2.24, 2.45) is 10.2 Å². The summed E-state index contributed by atoms with van der Waals surface area (Å²) >= 11 is 0. The van der Waals surface area contributed by atoms with Crippen molar-refractivity contribution in [3.8, 4) is 5.75 Å². The van der Waals surface area contributed by atoms with Crippen LogP contribution in [0.1, 0.15) is 0 Å². The second-order valence-electron chi connectivity index (χ2n) is 6.02. The third-order valence-corrected chi connectivity index (χ3v) is 5.09. The minimum Gasteiger partial charge on any atom is -0.506 e. The Labute approximate surface area is 155 Å². The van der Waals surface area contributed by atoms with Gasteiger partial charge in [-0.25, -0.2) is 0 Å². The van der Waals surface area contributed by atoms with Crippen LogP contribution in [0.5, 0.6) is 5.75 Å². The third-order valence-electron chi connectivity index (χ3n) is 4.24. The zero-order valence-corrected chi connectivity index (χ0v) is 14.8. The fraction of sp³-hybridized carbons (Fsp3) is 0. The zero-order chi connectivity index (χ0) is 19.0. The predicted molar refractivity (Wildman–Crippen MR) is 104 cm³/mol. The van der Waals surface area contributed by atoms with E-state index < -0.39 is 10.1 Å². The van der Waals surface area contributed by atoms with Crippen LogP contribution in [-0.4, -0.2) is 18.1 Å². The van der Waals surface area contributed by atoms with E-state index in [1.165, 1.54) is 12.1 Å². The molecule has 0 aliphatic rings. The van der Waals surface area contributed by atoms with E-state index in [1.54, 1.807) is 30.3 Å². The number of hydrogen-bond donors (Lipinski definition) is 2. The highest BCUT2D eigenvalue weighted by Gasteiger charge is 2.10. The molecule has 2 N–H and O–H groups in total. The quantitative estimate of drug-likeness (QED) is 0.370. The second kappa shape index (κ2) is 6.46. The first-order valence-electron chi connectivity index (χ1n) is 8.05. The van der Waals surface area contributed by atoms with Crippen LogP contribution in [0.2, 0.25) is 0 Å². The van der Waals surface area contributed by atoms with Crippen molar-refractivity contribution >= 4 is 43.0 Å². The summed E-state index contributed by atoms with van der Waals surface area (Å²) in [6.07, 6.45) is 0. The molecule has 0 heterocycles. The van der Waals surface area contributed by atoms with Gasteiger partial charge in [-0.2, -0.15) is 13.5 Å². The molecule has 4 aromatic carbocycles. The van der Waals surface area contributed by atoms with Crippen molar-refractivity contribution in [2.75, 3.05) is 0 Å². The van der Waals surface area contributed by atoms with Crippen molar-refractivity contribution in [1.29, 1.82) is 0 Å². The molecule has 0 aliphatic heterocycles. The van der Waals surface area contributed by atoms with Gasteiger partial charge in [-0.05, 0) is 46.5 Å². The molecular weight excluding hydrogens is 364 g/mol. The van der Waals surface area contributed by atoms with Gasteiger partial charge in [0, 0.05) is 5.39 Å². The Morgan fingerprint density at radius 2 is 1.44 bits per heavy atom. The summed E-state index contributed by atoms with van der Waals surface area (Å²) in [5, 5.41) is 21.7. The minimum absolute atomic E-state index is 0.0380. The van der Waals surface area contributed by atoms with Gasteiger partial charge in [0.2, 0.25) is 0 Å². The van der Waals surface area contributed by atoms with E-state index in [0.717, 1.165) is 16.2 Å². The van der Waals surface area contributed by atoms with Crippen LogP contribution < -0.4 is 0 Å². The average Bonchev–Trinajstić information content (AvgIpc) is 2.66. The molecule has 4 aromatic rings. The smallest absolute Gasteiger partial charge is 0.294 e. The SMILES string of the molecule is O=S(=O)(O)c1ccc2cc(N=Nc3c(O)ccc4ccccc34)ccc2c1. The fourth-order valence-corrected chi connectivity index (χ4v) is 3.41. The molecule has 6 nitrogen and oxygen atoms in total. The van der Waals surface area contributed by atoms with Crippen molar-refractivity contribution in [2.45, 2.75) is 4.90 Å². The first-order valence-corrected chi connectivity index (χ1v) is 9.50. The van der Waals surface area contributed by atoms with Gasteiger partial charge in [0.05, 0.1) is 10.6 Å². The van der Waals surface area contributed by atoms with Crippen LogP contribution in [0, 0.1) is 0 Å². The second-order valence-corrected chi connectivity index (χ2v) is 7.44. The molecular formula is C20H14N2O4S. The van der Waals surface area contributed by atoms with Gasteiger partial charge in [0.1, 0.15) is 11.4 Å². The van der Waals surface area contributed by atoms with Crippen LogP contribution in [-0.2, 0) is 10.1 Å². The van der Waals surface area contributed by atoms with Crippen LogP contribution in [0.15, 0.2) is 87.9 Å². The molecule has 0 saturated heterocycles. The molecule has 0 fully saturated rings. The average molecular weight is 378 g/mol. The molecule has 0 aliphatic carbocycles. The maximum Gasteiger partial charge on any atom is 0.294 e. The number of hydrogen-bond acceptors (Lipinski definition) is 5. The van der Waals surface area contributed by atoms with Crippen molar-refractivity contribution < 1.29 is 18.1 Å². The Morgan fingerprint density at radius 1 is 0.741 bits per heavy atom. The molecule has 0 bridgehead atoms. The van der Waals surface area contributed by atoms with Gasteiger partial charge in [-0.3, -0.25) is 4.55 Å². The number of phenolic OH excluding ortho intramolecular Hbond substituents is 1. The van der Waals surface area contributed by atoms with E-state index in [1.807, 2.05) is 30.3 Å². The number of aromatic hydroxyl groups is 1. The monoisotopic (exact) mass is 378 g/mol. The highest BCUT2D eigenvalue weighted by atomic mass is 32.2. The summed E-state index contributed by atoms with van der Waals surface area (Å²) in [5.74, 6) is 0.0380. The number of rotatable bonds is 3. The minimum atomic E-state index is -4.25. The fourth-order valence-electron chi connectivity index (χ4n) is 2.89. The lowest BCUT2D eigenvalue weighted by molar-refractivity contribution is 0.477. The predicted octanol–water partition coefficient (Wildman–Crippen LogP) is 5.36. The summed E-state index contributed by atoms with van der Waals surface area (Å²) in [5.41, 5.74) is 0.935. The summed E-state index contributed by atoms with van der Waals surface area (Å²) in [4.78, 5) is -0.162. The van der Waals surface area contributed by atoms with Crippen molar-refractivity contribution in [1.82, 2.24) is 0 Å². The summed E-state index contributed by atoms with van der Waals surface area (Å²) in [6, 6.07) is 20.4. The lowest BCUT2D eigenvalue weighted by atomic mass is 10.1. The van der Waals surface area contributed by atoms with Crippen LogP contribution in [0.3, 0.4) is 0 Å². The van der Waals surface area contributed by atoms with Gasteiger partial charge in [0.15, 0.2) is 0 Å². The molecule has 7 heteroatoms. The largest absolute Gasteiger partial charge is 0.506 e. The molecule has 0 amide bonds. The van der Waals surface area contributed by atoms with Gasteiger partial charge in [-0.1, -0.05) is 42.5 Å². The van der Waals surface area contributed by atoms with Gasteiger partial charge in [0.25, 0.3) is 10.1 Å². The highest BCUT2D eigenvalue weighted by Crippen LogP contribution is 2.36. The molecule has 0 radical (unpaired) electrons. The summed E-state index contributed by atoms with van der Waals surface area (Å²) in [6.45, 7) is 0. The van der Waals surface area contributed by atoms with Crippen molar-refractivity contribution in [3.05, 3.63) is 72.8 Å². The number of phenols is 1. The van der Waals surface area contributed by atoms with Gasteiger partial charge < -0.3 is 5.11 Å². The lowest BCUT2D eigenvalue weighted by Gasteiger charge is -2.04. The summed E-state index contributed by atoms with van der Waals surface area (Å²) < 4.78 is 31.6. The maximum atomic E-state index is 11.2. The normalized spacial score (nSPS) is 12.2. The molecule has 0 aromatic heterocycles. The number of nitrogens with zero attached hydrogens (tertiary/aromatic N) is 2. The van der Waals surface area contributed by atoms with Crippen molar-refractivity contribution in [3.63, 3.8) is 0 Å². The zero-order valence-electron chi connectivity index (χ0n) is 13.9. The van der Waals surface area contributed by atoms with Gasteiger partial charge in [-0.15, -0.1) is 5.11 Å². The molecule has 0 unspecified atom stereocenters. The van der Waals surface area contributed by atoms with E-state index >= 15 is 0 Å². The Bertz CT molecular complexity index is 1310. The van der Waals surface area contributed by atoms with Gasteiger partial charge >= 0.3 is 0 Å². The Morgan fingerprint density at radius 3 is 2.26 bits per heavy atom. The molecule has 0 atom stereocenters. The van der Waals surface area contributed by atoms with Crippen LogP contribution in [0.25, 0.3) is 21.5 Å². The number of azo groups is 1. The van der Waals surface area contributed by atoms with Crippen LogP contribution >= 0.6 is 0 Å². The maximum absolute atomic E-state index is 11.2. The molecule has 0 spiro atoms. The number of benzene rings is 4. The van der Waals surface area contributed by atoms with E-state index in [9.17, 15) is 13.5 Å². The van der Waals surface area contributed by atoms with E-state index in [0.29, 0.717) is 16.8 Å². The lowest BCUT2D eigenvalue weighted by Crippen LogP contribution is -1.97. The standard InChI is InChI=1S/C20H14N2O4S/c23-19-10-7-13-3-1-2-4-18(13)20(19)22-21-16-8-5-15-12-17(27(24,25)26)9-6-14(15)11-16/h1-12,23H,(H,24,25,26). The Hall–Kier alpha value is -3.29. The van der Waals surface area contributed by atoms with E-state index in [4.69, 9.17) is 4.55 Å². The summed E-state index contributed by atoms with van der Waals surface area (Å²) in [7, 11) is -4.25. The molecule has 4 rings (SSSR count). The van der Waals surface area contributed by atoms with E-state index in [-0.39, 0.29) is 10.6 Å². The first-order chi connectivity index (χ1) is 12.9. The van der Waals surface area contributed by atoms with E-state index in [2.05, 4.69) is 10.2 Å². The first kappa shape index (κ1) is 17.1. The Balaban J connectivity index is 1.75. The van der Waals surface area contributed by atoms with Crippen LogP contribution in [0.4, 0.5) is 11.4 Å². The molecule has 134 valence electrons. The molecule has 27 heavy (non-hydrogen) atoms. The molecule has 0 saturated carbocycles. The topological polar surface area (TPSA) is 99.3 Å². The Kier molecular flexibility index (Phi) is 4.10. The number of fused-ring (bicyclic) bond motifs is 2. The highest BCUT2D eigenvalue weighted by molar-refractivity contribution is 7.85. The third kappa shape index (κ3) is 3.38.